The van der Waals surface area contributed by atoms with Gasteiger partial charge in [-0.25, -0.2) is 14.2 Å². The van der Waals surface area contributed by atoms with E-state index >= 15 is 0 Å². The number of carbonyl (C=O) groups is 3. The van der Waals surface area contributed by atoms with Crippen LogP contribution in [-0.4, -0.2) is 63.4 Å². The molecule has 0 atom stereocenters. The number of carboxylic acid groups (broad SMARTS) is 1. The van der Waals surface area contributed by atoms with Crippen molar-refractivity contribution in [1.29, 1.82) is 0 Å². The Kier molecular flexibility index (Phi) is 11.8. The van der Waals surface area contributed by atoms with E-state index in [-0.39, 0.29) is 24.0 Å². The summed E-state index contributed by atoms with van der Waals surface area (Å²) in [5.41, 5.74) is 5.90. The molecule has 6 rings (SSSR count). The second-order valence-electron chi connectivity index (χ2n) is 12.5. The monoisotopic (exact) mass is 711 g/mol. The van der Waals surface area contributed by atoms with Gasteiger partial charge in [0, 0.05) is 60.5 Å². The van der Waals surface area contributed by atoms with Gasteiger partial charge in [0.05, 0.1) is 31.4 Å². The number of hydrogen-bond acceptors (Lipinski definition) is 6. The molecular weight excluding hydrogens is 668 g/mol. The number of rotatable bonds is 14. The first-order chi connectivity index (χ1) is 25.8. The Hall–Kier alpha value is -6.46. The van der Waals surface area contributed by atoms with Crippen molar-refractivity contribution in [2.45, 2.75) is 13.1 Å². The Balaban J connectivity index is 1.54. The first kappa shape index (κ1) is 36.3. The number of anilines is 1. The van der Waals surface area contributed by atoms with Crippen LogP contribution in [0, 0.1) is 0 Å². The molecule has 1 aliphatic carbocycles. The van der Waals surface area contributed by atoms with Crippen molar-refractivity contribution in [2.24, 2.45) is 0 Å². The molecule has 0 fully saturated rings. The van der Waals surface area contributed by atoms with Crippen LogP contribution in [-0.2, 0) is 17.9 Å². The lowest BCUT2D eigenvalue weighted by molar-refractivity contribution is -0.119. The third-order valence-electron chi connectivity index (χ3n) is 9.04. The number of amides is 3. The summed E-state index contributed by atoms with van der Waals surface area (Å²) in [7, 11) is 3.19. The summed E-state index contributed by atoms with van der Waals surface area (Å²) in [6.07, 6.45) is 0. The molecule has 4 aromatic carbocycles. The predicted molar refractivity (Wildman–Crippen MR) is 208 cm³/mol. The molecule has 1 aliphatic heterocycles. The number of benzene rings is 5. The van der Waals surface area contributed by atoms with E-state index in [9.17, 15) is 19.5 Å². The van der Waals surface area contributed by atoms with Crippen molar-refractivity contribution in [3.8, 4) is 22.5 Å². The zero-order chi connectivity index (χ0) is 37.2. The van der Waals surface area contributed by atoms with Gasteiger partial charge < -0.3 is 30.4 Å². The Labute approximate surface area is 307 Å². The minimum absolute atomic E-state index is 0.118. The van der Waals surface area contributed by atoms with Gasteiger partial charge in [-0.15, -0.1) is 0 Å². The highest BCUT2D eigenvalue weighted by atomic mass is 16.4. The second kappa shape index (κ2) is 17.2. The van der Waals surface area contributed by atoms with Crippen molar-refractivity contribution >= 4 is 34.6 Å². The fourth-order valence-corrected chi connectivity index (χ4v) is 6.37. The molecule has 0 saturated heterocycles. The van der Waals surface area contributed by atoms with Crippen LogP contribution in [0.25, 0.3) is 33.4 Å². The highest BCUT2D eigenvalue weighted by molar-refractivity contribution is 6.07. The third kappa shape index (κ3) is 8.89. The van der Waals surface area contributed by atoms with E-state index < -0.39 is 5.97 Å². The molecule has 270 valence electrons. The Morgan fingerprint density at radius 1 is 0.774 bits per heavy atom. The maximum Gasteiger partial charge on any atom is 0.336 e. The lowest BCUT2D eigenvalue weighted by atomic mass is 9.90. The largest absolute Gasteiger partial charge is 0.478 e. The number of likely N-dealkylation sites (N-methyl/N-ethyl adjacent to an activating group) is 1. The van der Waals surface area contributed by atoms with Gasteiger partial charge in [0.1, 0.15) is 11.3 Å². The summed E-state index contributed by atoms with van der Waals surface area (Å²) in [4.78, 5) is 38.7. The predicted octanol–water partition coefficient (Wildman–Crippen LogP) is 5.10. The summed E-state index contributed by atoms with van der Waals surface area (Å²) in [6.45, 7) is 2.63. The molecule has 2 aliphatic rings. The van der Waals surface area contributed by atoms with Crippen LogP contribution in [0.1, 0.15) is 21.5 Å². The van der Waals surface area contributed by atoms with Crippen LogP contribution in [0.3, 0.4) is 0 Å². The van der Waals surface area contributed by atoms with Crippen LogP contribution in [0.4, 0.5) is 10.5 Å². The van der Waals surface area contributed by atoms with E-state index in [1.165, 1.54) is 0 Å². The maximum atomic E-state index is 12.5. The molecule has 53 heavy (non-hydrogen) atoms. The number of fused-ring (bicyclic) bond motifs is 2. The van der Waals surface area contributed by atoms with E-state index in [1.54, 1.807) is 26.2 Å². The zero-order valence-electron chi connectivity index (χ0n) is 29.8. The zero-order valence-corrected chi connectivity index (χ0v) is 29.8. The minimum atomic E-state index is -1.02. The molecule has 11 heteroatoms. The third-order valence-corrected chi connectivity index (χ3v) is 9.04. The molecule has 1 heterocycles. The van der Waals surface area contributed by atoms with Crippen LogP contribution < -0.4 is 36.1 Å². The van der Waals surface area contributed by atoms with Crippen molar-refractivity contribution in [1.82, 2.24) is 25.8 Å². The molecule has 0 saturated carbocycles. The molecule has 0 unspecified atom stereocenters. The van der Waals surface area contributed by atoms with E-state index in [4.69, 9.17) is 4.42 Å². The van der Waals surface area contributed by atoms with Crippen molar-refractivity contribution in [3.63, 3.8) is 0 Å². The molecule has 0 bridgehead atoms. The van der Waals surface area contributed by atoms with Crippen LogP contribution in [0.15, 0.2) is 126 Å². The first-order valence-corrected chi connectivity index (χ1v) is 17.5. The fraction of sp³-hybridized carbons (Fsp3) is 0.190. The van der Waals surface area contributed by atoms with Crippen molar-refractivity contribution < 1.29 is 23.9 Å². The average molecular weight is 712 g/mol. The topological polar surface area (TPSA) is 139 Å². The van der Waals surface area contributed by atoms with Gasteiger partial charge in [-0.2, -0.15) is 0 Å². The van der Waals surface area contributed by atoms with Crippen LogP contribution in [0.2, 0.25) is 0 Å². The molecule has 5 N–H and O–H groups in total. The Morgan fingerprint density at radius 3 is 2.21 bits per heavy atom. The number of hydrogen-bond donors (Lipinski definition) is 5. The average Bonchev–Trinajstić information content (AvgIpc) is 3.19. The summed E-state index contributed by atoms with van der Waals surface area (Å²) in [5, 5.41) is 23.3. The molecule has 4 aromatic rings. The quantitative estimate of drug-likeness (QED) is 0.0602. The summed E-state index contributed by atoms with van der Waals surface area (Å²) in [6, 6.07) is 38.8. The molecule has 0 aromatic heterocycles. The normalized spacial score (nSPS) is 11.6. The van der Waals surface area contributed by atoms with E-state index in [0.29, 0.717) is 49.8 Å². The first-order valence-electron chi connectivity index (χ1n) is 17.5. The highest BCUT2D eigenvalue weighted by Crippen LogP contribution is 2.42. The standard InChI is InChI=1S/C42H42N6O5/c1-43-39(49)25-45-28-48(27-30-13-7-4-8-14-30)32-18-20-36-38(24-32)53-37-23-31(17-19-35(37)40(36)33-15-9-10-16-34(33)41(50)51)47(22-21-46-42(52)44-2)26-29-11-5-3-6-12-29/h3-20,23-24,45H,21-22,25-28H2,1-2H3,(H3-,43,44,46,49,50,51,52)/p+1. The van der Waals surface area contributed by atoms with E-state index in [2.05, 4.69) is 55.0 Å². The van der Waals surface area contributed by atoms with Gasteiger partial charge in [-0.05, 0) is 35.4 Å². The summed E-state index contributed by atoms with van der Waals surface area (Å²) >= 11 is 0. The minimum Gasteiger partial charge on any atom is -0.478 e. The van der Waals surface area contributed by atoms with E-state index in [0.717, 1.165) is 38.7 Å². The van der Waals surface area contributed by atoms with Gasteiger partial charge in [-0.3, -0.25) is 10.1 Å². The molecule has 11 nitrogen and oxygen atoms in total. The molecule has 0 radical (unpaired) electrons. The lowest BCUT2D eigenvalue weighted by Crippen LogP contribution is -2.40. The number of carboxylic acids is 1. The molecule has 3 amide bonds. The Bertz CT molecular complexity index is 2250. The molecular formula is C42H43N6O5+. The van der Waals surface area contributed by atoms with Gasteiger partial charge in [0.25, 0.3) is 0 Å². The van der Waals surface area contributed by atoms with Crippen molar-refractivity contribution in [3.05, 3.63) is 143 Å². The summed E-state index contributed by atoms with van der Waals surface area (Å²) < 4.78 is 8.92. The van der Waals surface area contributed by atoms with Crippen LogP contribution in [0.5, 0.6) is 0 Å². The second-order valence-corrected chi connectivity index (χ2v) is 12.5. The SMILES string of the molecule is CNC(=O)CNCN(Cc1ccccc1)c1ccc2c(-c3ccccc3C(=O)O)c3cc/c(=[N+](\CCNC(=O)NC)Cc4ccccc4)cc-3oc2c1. The highest BCUT2D eigenvalue weighted by Gasteiger charge is 2.23. The van der Waals surface area contributed by atoms with Gasteiger partial charge in [-0.1, -0.05) is 78.9 Å². The maximum absolute atomic E-state index is 12.5. The van der Waals surface area contributed by atoms with E-state index in [1.807, 2.05) is 84.9 Å². The van der Waals surface area contributed by atoms with Gasteiger partial charge in [0.15, 0.2) is 13.1 Å². The van der Waals surface area contributed by atoms with Gasteiger partial charge >= 0.3 is 12.0 Å². The number of nitrogens with zero attached hydrogens (tertiary/aromatic N) is 2. The number of nitrogens with one attached hydrogen (secondary N) is 4. The van der Waals surface area contributed by atoms with Crippen molar-refractivity contribution in [2.75, 3.05) is 45.3 Å². The number of aromatic carboxylic acids is 1. The number of carbonyl (C=O) groups excluding carboxylic acids is 2. The van der Waals surface area contributed by atoms with Gasteiger partial charge in [0.2, 0.25) is 11.3 Å². The van der Waals surface area contributed by atoms with Crippen LogP contribution >= 0.6 is 0 Å². The number of urea groups is 1. The lowest BCUT2D eigenvalue weighted by Gasteiger charge is -2.26. The fourth-order valence-electron chi connectivity index (χ4n) is 6.37. The molecule has 0 spiro atoms. The smallest absolute Gasteiger partial charge is 0.336 e. The Morgan fingerprint density at radius 2 is 1.49 bits per heavy atom. The summed E-state index contributed by atoms with van der Waals surface area (Å²) in [5.74, 6) is -0.565.